The lowest BCUT2D eigenvalue weighted by molar-refractivity contribution is 0.409. The molecule has 23 heavy (non-hydrogen) atoms. The Kier molecular flexibility index (Phi) is 4.42. The Morgan fingerprint density at radius 3 is 2.74 bits per heavy atom. The van der Waals surface area contributed by atoms with Crippen LogP contribution in [0.2, 0.25) is 0 Å². The molecule has 0 radical (unpaired) electrons. The molecule has 3 rings (SSSR count). The van der Waals surface area contributed by atoms with E-state index < -0.39 is 10.2 Å². The summed E-state index contributed by atoms with van der Waals surface area (Å²) in [5.41, 5.74) is 1.43. The quantitative estimate of drug-likeness (QED) is 0.801. The average Bonchev–Trinajstić information content (AvgIpc) is 3.19. The van der Waals surface area contributed by atoms with E-state index in [4.69, 9.17) is 4.42 Å². The zero-order valence-electron chi connectivity index (χ0n) is 13.1. The van der Waals surface area contributed by atoms with Crippen LogP contribution < -0.4 is 0 Å². The normalized spacial score (nSPS) is 19.5. The molecule has 1 aliphatic rings. The molecular weight excluding hydrogens is 318 g/mol. The van der Waals surface area contributed by atoms with Gasteiger partial charge in [0.2, 0.25) is 5.89 Å². The van der Waals surface area contributed by atoms with Crippen LogP contribution >= 0.6 is 0 Å². The molecule has 1 saturated heterocycles. The predicted octanol–water partition coefficient (Wildman–Crippen LogP) is 0.802. The van der Waals surface area contributed by atoms with Crippen LogP contribution in [0.4, 0.5) is 0 Å². The number of aromatic nitrogens is 3. The molecule has 0 unspecified atom stereocenters. The molecule has 0 amide bonds. The molecule has 2 aromatic rings. The minimum Gasteiger partial charge on any atom is -0.443 e. The van der Waals surface area contributed by atoms with Crippen molar-refractivity contribution in [2.24, 2.45) is 5.92 Å². The minimum atomic E-state index is -3.33. The first-order valence-electron chi connectivity index (χ1n) is 7.35. The monoisotopic (exact) mass is 337 g/mol. The molecule has 1 atom stereocenters. The second-order valence-electron chi connectivity index (χ2n) is 5.74. The Morgan fingerprint density at radius 2 is 2.13 bits per heavy atom. The summed E-state index contributed by atoms with van der Waals surface area (Å²) in [6.45, 7) is 1.07. The van der Waals surface area contributed by atoms with Crippen LogP contribution in [-0.4, -0.2) is 59.2 Å². The number of hydrogen-bond acceptors (Lipinski definition) is 6. The zero-order chi connectivity index (χ0) is 16.4. The number of nitrogens with zero attached hydrogens (tertiary/aromatic N) is 5. The molecule has 0 saturated carbocycles. The van der Waals surface area contributed by atoms with Crippen LogP contribution in [0.3, 0.4) is 0 Å². The summed E-state index contributed by atoms with van der Waals surface area (Å²) in [6, 6.07) is 0. The Balaban J connectivity index is 1.63. The highest BCUT2D eigenvalue weighted by atomic mass is 32.2. The zero-order valence-corrected chi connectivity index (χ0v) is 13.9. The van der Waals surface area contributed by atoms with Gasteiger partial charge in [0.1, 0.15) is 12.0 Å². The maximum Gasteiger partial charge on any atom is 0.281 e. The second kappa shape index (κ2) is 6.34. The molecule has 0 spiro atoms. The van der Waals surface area contributed by atoms with E-state index in [2.05, 4.69) is 15.0 Å². The average molecular weight is 337 g/mol. The molecule has 124 valence electrons. The minimum absolute atomic E-state index is 0.256. The lowest BCUT2D eigenvalue weighted by Crippen LogP contribution is -2.38. The molecule has 8 nitrogen and oxygen atoms in total. The van der Waals surface area contributed by atoms with Gasteiger partial charge in [-0.1, -0.05) is 0 Å². The van der Waals surface area contributed by atoms with E-state index in [-0.39, 0.29) is 5.92 Å². The van der Waals surface area contributed by atoms with E-state index in [1.807, 2.05) is 0 Å². The van der Waals surface area contributed by atoms with Gasteiger partial charge in [0.15, 0.2) is 0 Å². The van der Waals surface area contributed by atoms with E-state index in [1.165, 1.54) is 14.9 Å². The van der Waals surface area contributed by atoms with Crippen molar-refractivity contribution in [2.45, 2.75) is 12.8 Å². The van der Waals surface area contributed by atoms with Gasteiger partial charge in [-0.05, 0) is 18.8 Å². The van der Waals surface area contributed by atoms with Crippen molar-refractivity contribution in [1.82, 2.24) is 23.6 Å². The molecular formula is C14H19N5O3S. The fraction of sp³-hybridized carbons (Fsp3) is 0.500. The van der Waals surface area contributed by atoms with E-state index in [0.29, 0.717) is 31.1 Å². The largest absolute Gasteiger partial charge is 0.443 e. The van der Waals surface area contributed by atoms with Crippen molar-refractivity contribution in [3.8, 4) is 11.6 Å². The first-order valence-corrected chi connectivity index (χ1v) is 8.75. The van der Waals surface area contributed by atoms with Crippen molar-refractivity contribution in [1.29, 1.82) is 0 Å². The van der Waals surface area contributed by atoms with Crippen molar-refractivity contribution in [2.75, 3.05) is 27.2 Å². The molecule has 1 aliphatic heterocycles. The van der Waals surface area contributed by atoms with E-state index in [9.17, 15) is 8.42 Å². The van der Waals surface area contributed by atoms with Gasteiger partial charge in [0, 0.05) is 33.4 Å². The van der Waals surface area contributed by atoms with Gasteiger partial charge in [-0.25, -0.2) is 9.97 Å². The number of rotatable bonds is 5. The topological polar surface area (TPSA) is 92.4 Å². The lowest BCUT2D eigenvalue weighted by Gasteiger charge is -2.20. The first-order chi connectivity index (χ1) is 11.0. The lowest BCUT2D eigenvalue weighted by atomic mass is 10.0. The van der Waals surface area contributed by atoms with Gasteiger partial charge >= 0.3 is 0 Å². The molecule has 2 aromatic heterocycles. The SMILES string of the molecule is CN(C)S(=O)(=O)N1CC[C@H](Cc2cnc(-c3ncco3)cn2)C1. The van der Waals surface area contributed by atoms with Gasteiger partial charge in [-0.3, -0.25) is 4.98 Å². The maximum absolute atomic E-state index is 12.1. The third kappa shape index (κ3) is 3.41. The van der Waals surface area contributed by atoms with E-state index >= 15 is 0 Å². The molecule has 0 N–H and O–H groups in total. The van der Waals surface area contributed by atoms with Crippen molar-refractivity contribution in [3.05, 3.63) is 30.5 Å². The van der Waals surface area contributed by atoms with Gasteiger partial charge in [0.05, 0.1) is 18.1 Å². The van der Waals surface area contributed by atoms with Crippen LogP contribution in [-0.2, 0) is 16.6 Å². The molecule has 0 aromatic carbocycles. The standard InChI is InChI=1S/C14H19N5O3S/c1-18(2)23(20,21)19-5-3-11(10-19)7-12-8-17-13(9-16-12)14-15-4-6-22-14/h4,6,8-9,11H,3,5,7,10H2,1-2H3/t11-/m1/s1. The second-order valence-corrected chi connectivity index (χ2v) is 7.88. The van der Waals surface area contributed by atoms with Crippen LogP contribution in [0, 0.1) is 5.92 Å². The summed E-state index contributed by atoms with van der Waals surface area (Å²) in [5.74, 6) is 0.694. The maximum atomic E-state index is 12.1. The predicted molar refractivity (Wildman–Crippen MR) is 83.5 cm³/mol. The Morgan fingerprint density at radius 1 is 1.30 bits per heavy atom. The van der Waals surface area contributed by atoms with Crippen molar-refractivity contribution >= 4 is 10.2 Å². The summed E-state index contributed by atoms with van der Waals surface area (Å²) >= 11 is 0. The fourth-order valence-electron chi connectivity index (χ4n) is 2.62. The van der Waals surface area contributed by atoms with E-state index in [1.54, 1.807) is 32.7 Å². The molecule has 1 fully saturated rings. The summed E-state index contributed by atoms with van der Waals surface area (Å²) < 4.78 is 32.2. The van der Waals surface area contributed by atoms with Crippen molar-refractivity contribution < 1.29 is 12.8 Å². The Labute approximate surface area is 135 Å². The Bertz CT molecular complexity index is 743. The fourth-order valence-corrected chi connectivity index (χ4v) is 3.82. The van der Waals surface area contributed by atoms with Crippen LogP contribution in [0.25, 0.3) is 11.6 Å². The smallest absolute Gasteiger partial charge is 0.281 e. The molecule has 3 heterocycles. The van der Waals surface area contributed by atoms with Crippen molar-refractivity contribution in [3.63, 3.8) is 0 Å². The molecule has 0 aliphatic carbocycles. The van der Waals surface area contributed by atoms with Gasteiger partial charge in [-0.2, -0.15) is 17.0 Å². The van der Waals surface area contributed by atoms with E-state index in [0.717, 1.165) is 12.1 Å². The third-order valence-electron chi connectivity index (χ3n) is 3.89. The summed E-state index contributed by atoms with van der Waals surface area (Å²) in [6.07, 6.45) is 7.91. The van der Waals surface area contributed by atoms with Crippen LogP contribution in [0.15, 0.2) is 29.3 Å². The third-order valence-corrected chi connectivity index (χ3v) is 5.80. The molecule has 0 bridgehead atoms. The highest BCUT2D eigenvalue weighted by molar-refractivity contribution is 7.86. The summed E-state index contributed by atoms with van der Waals surface area (Å²) in [7, 11) is -0.226. The van der Waals surface area contributed by atoms with Gasteiger partial charge in [-0.15, -0.1) is 0 Å². The van der Waals surface area contributed by atoms with Crippen LogP contribution in [0.5, 0.6) is 0 Å². The molecule has 9 heteroatoms. The Hall–Kier alpha value is -1.84. The van der Waals surface area contributed by atoms with Gasteiger partial charge in [0.25, 0.3) is 10.2 Å². The number of oxazole rings is 1. The van der Waals surface area contributed by atoms with Crippen LogP contribution in [0.1, 0.15) is 12.1 Å². The highest BCUT2D eigenvalue weighted by Gasteiger charge is 2.32. The number of hydrogen-bond donors (Lipinski definition) is 0. The summed E-state index contributed by atoms with van der Waals surface area (Å²) in [5, 5.41) is 0. The highest BCUT2D eigenvalue weighted by Crippen LogP contribution is 2.23. The van der Waals surface area contributed by atoms with Gasteiger partial charge < -0.3 is 4.42 Å². The first kappa shape index (κ1) is 16.0. The summed E-state index contributed by atoms with van der Waals surface area (Å²) in [4.78, 5) is 12.7.